The Hall–Kier alpha value is -2.74. The number of nitrogens with zero attached hydrogens (tertiary/aromatic N) is 1. The smallest absolute Gasteiger partial charge is 0.419 e. The summed E-state index contributed by atoms with van der Waals surface area (Å²) in [5, 5.41) is 9.58. The molecule has 2 aromatic rings. The van der Waals surface area contributed by atoms with Gasteiger partial charge in [-0.15, -0.1) is 0 Å². The maximum atomic E-state index is 13.4. The molecule has 1 saturated heterocycles. The maximum Gasteiger partial charge on any atom is 0.419 e. The number of halogens is 3. The third kappa shape index (κ3) is 3.60. The lowest BCUT2D eigenvalue weighted by molar-refractivity contribution is -0.139. The Morgan fingerprint density at radius 2 is 1.73 bits per heavy atom. The molecule has 1 N–H and O–H groups in total. The van der Waals surface area contributed by atoms with E-state index in [0.717, 1.165) is 6.07 Å². The van der Waals surface area contributed by atoms with Crippen molar-refractivity contribution in [3.05, 3.63) is 59.7 Å². The van der Waals surface area contributed by atoms with Gasteiger partial charge < -0.3 is 19.5 Å². The molecule has 2 unspecified atom stereocenters. The van der Waals surface area contributed by atoms with E-state index in [1.165, 1.54) is 30.0 Å². The van der Waals surface area contributed by atoms with Gasteiger partial charge in [-0.05, 0) is 31.0 Å². The fourth-order valence-corrected chi connectivity index (χ4v) is 4.09. The second-order valence-electron chi connectivity index (χ2n) is 7.74. The van der Waals surface area contributed by atoms with Crippen LogP contribution in [0, 0.1) is 5.41 Å². The van der Waals surface area contributed by atoms with Crippen molar-refractivity contribution in [2.75, 3.05) is 6.54 Å². The molecule has 0 bridgehead atoms. The van der Waals surface area contributed by atoms with Gasteiger partial charge in [-0.2, -0.15) is 13.2 Å². The van der Waals surface area contributed by atoms with Gasteiger partial charge in [-0.3, -0.25) is 4.79 Å². The zero-order valence-electron chi connectivity index (χ0n) is 16.4. The van der Waals surface area contributed by atoms with Crippen molar-refractivity contribution in [1.29, 1.82) is 0 Å². The van der Waals surface area contributed by atoms with E-state index in [2.05, 4.69) is 0 Å². The SMILES string of the molecule is CC(=O)N1CC(Oc2ccccc2C(F)(F)F)C2(CC2)C1Oc1ccccc1CO. The van der Waals surface area contributed by atoms with Gasteiger partial charge >= 0.3 is 6.18 Å². The summed E-state index contributed by atoms with van der Waals surface area (Å²) in [7, 11) is 0. The second-order valence-corrected chi connectivity index (χ2v) is 7.74. The van der Waals surface area contributed by atoms with E-state index in [0.29, 0.717) is 24.2 Å². The molecule has 30 heavy (non-hydrogen) atoms. The molecule has 2 fully saturated rings. The Balaban J connectivity index is 1.64. The zero-order chi connectivity index (χ0) is 21.5. The predicted molar refractivity (Wildman–Crippen MR) is 102 cm³/mol. The third-order valence-electron chi connectivity index (χ3n) is 5.85. The molecule has 0 radical (unpaired) electrons. The highest BCUT2D eigenvalue weighted by atomic mass is 19.4. The van der Waals surface area contributed by atoms with Gasteiger partial charge in [0.05, 0.1) is 24.1 Å². The summed E-state index contributed by atoms with van der Waals surface area (Å²) in [5.74, 6) is -0.0528. The highest BCUT2D eigenvalue weighted by Crippen LogP contribution is 2.58. The molecule has 1 spiro atoms. The molecule has 8 heteroatoms. The van der Waals surface area contributed by atoms with Crippen molar-refractivity contribution in [2.24, 2.45) is 5.41 Å². The standard InChI is InChI=1S/C22H22F3NO4/c1-14(28)26-12-19(29-18-9-5-3-7-16(18)22(23,24)25)21(10-11-21)20(26)30-17-8-4-2-6-15(17)13-27/h2-9,19-20,27H,10-13H2,1H3. The molecule has 1 aliphatic heterocycles. The number of aliphatic hydroxyl groups is 1. The Morgan fingerprint density at radius 1 is 1.10 bits per heavy atom. The molecule has 0 aromatic heterocycles. The summed E-state index contributed by atoms with van der Waals surface area (Å²) >= 11 is 0. The van der Waals surface area contributed by atoms with E-state index in [1.54, 1.807) is 24.3 Å². The van der Waals surface area contributed by atoms with Crippen molar-refractivity contribution < 1.29 is 32.5 Å². The zero-order valence-corrected chi connectivity index (χ0v) is 16.4. The van der Waals surface area contributed by atoms with Gasteiger partial charge in [0.15, 0.2) is 6.23 Å². The minimum Gasteiger partial charge on any atom is -0.487 e. The quantitative estimate of drug-likeness (QED) is 0.793. The highest BCUT2D eigenvalue weighted by molar-refractivity contribution is 5.74. The molecule has 1 aliphatic carbocycles. The molecule has 5 nitrogen and oxygen atoms in total. The van der Waals surface area contributed by atoms with E-state index >= 15 is 0 Å². The number of ether oxygens (including phenoxy) is 2. The number of carbonyl (C=O) groups excluding carboxylic acids is 1. The normalized spacial score (nSPS) is 22.2. The fraction of sp³-hybridized carbons (Fsp3) is 0.409. The van der Waals surface area contributed by atoms with Crippen molar-refractivity contribution >= 4 is 5.91 Å². The van der Waals surface area contributed by atoms with Gasteiger partial charge in [0.2, 0.25) is 5.91 Å². The average molecular weight is 421 g/mol. The number of benzene rings is 2. The molecule has 2 aromatic carbocycles. The van der Waals surface area contributed by atoms with E-state index in [4.69, 9.17) is 9.47 Å². The van der Waals surface area contributed by atoms with E-state index in [9.17, 15) is 23.1 Å². The molecular weight excluding hydrogens is 399 g/mol. The van der Waals surface area contributed by atoms with Gasteiger partial charge in [-0.1, -0.05) is 30.3 Å². The number of rotatable bonds is 5. The monoisotopic (exact) mass is 421 g/mol. The molecule has 160 valence electrons. The van der Waals surface area contributed by atoms with Gasteiger partial charge in [0, 0.05) is 12.5 Å². The number of hydrogen-bond donors (Lipinski definition) is 1. The molecule has 2 atom stereocenters. The largest absolute Gasteiger partial charge is 0.487 e. The van der Waals surface area contributed by atoms with Crippen molar-refractivity contribution in [2.45, 2.75) is 44.9 Å². The summed E-state index contributed by atoms with van der Waals surface area (Å²) in [4.78, 5) is 13.8. The van der Waals surface area contributed by atoms with Crippen LogP contribution in [0.1, 0.15) is 30.9 Å². The van der Waals surface area contributed by atoms with E-state index in [-0.39, 0.29) is 24.8 Å². The molecular formula is C22H22F3NO4. The molecule has 1 saturated carbocycles. The van der Waals surface area contributed by atoms with Crippen LogP contribution < -0.4 is 9.47 Å². The van der Waals surface area contributed by atoms with Crippen molar-refractivity contribution in [1.82, 2.24) is 4.90 Å². The number of aliphatic hydroxyl groups excluding tert-OH is 1. The van der Waals surface area contributed by atoms with Crippen LogP contribution in [-0.2, 0) is 17.6 Å². The number of hydrogen-bond acceptors (Lipinski definition) is 4. The lowest BCUT2D eigenvalue weighted by atomic mass is 10.0. The van der Waals surface area contributed by atoms with Crippen molar-refractivity contribution in [3.8, 4) is 11.5 Å². The van der Waals surface area contributed by atoms with Crippen LogP contribution in [0.25, 0.3) is 0 Å². The van der Waals surface area contributed by atoms with E-state index < -0.39 is 29.5 Å². The minimum atomic E-state index is -4.54. The third-order valence-corrected chi connectivity index (χ3v) is 5.85. The fourth-order valence-electron chi connectivity index (χ4n) is 4.09. The Labute approximate surface area is 172 Å². The van der Waals surface area contributed by atoms with Crippen LogP contribution in [0.5, 0.6) is 11.5 Å². The van der Waals surface area contributed by atoms with Crippen LogP contribution in [0.15, 0.2) is 48.5 Å². The molecule has 1 heterocycles. The Bertz CT molecular complexity index is 942. The number of para-hydroxylation sites is 2. The minimum absolute atomic E-state index is 0.132. The first kappa shape index (κ1) is 20.5. The van der Waals surface area contributed by atoms with Crippen LogP contribution >= 0.6 is 0 Å². The Morgan fingerprint density at radius 3 is 2.33 bits per heavy atom. The average Bonchev–Trinajstić information content (AvgIpc) is 3.45. The first-order valence-electron chi connectivity index (χ1n) is 9.72. The molecule has 2 aliphatic rings. The predicted octanol–water partition coefficient (Wildman–Crippen LogP) is 3.99. The summed E-state index contributed by atoms with van der Waals surface area (Å²) < 4.78 is 52.2. The number of likely N-dealkylation sites (tertiary alicyclic amines) is 1. The van der Waals surface area contributed by atoms with Crippen LogP contribution in [0.3, 0.4) is 0 Å². The summed E-state index contributed by atoms with van der Waals surface area (Å²) in [6, 6.07) is 12.0. The lowest BCUT2D eigenvalue weighted by Gasteiger charge is -2.29. The first-order chi connectivity index (χ1) is 14.3. The lowest BCUT2D eigenvalue weighted by Crippen LogP contribution is -2.41. The summed E-state index contributed by atoms with van der Waals surface area (Å²) in [5.41, 5.74) is -0.860. The van der Waals surface area contributed by atoms with Gasteiger partial charge in [-0.25, -0.2) is 0 Å². The number of carbonyl (C=O) groups is 1. The van der Waals surface area contributed by atoms with Crippen molar-refractivity contribution in [3.63, 3.8) is 0 Å². The number of alkyl halides is 3. The Kier molecular flexibility index (Phi) is 5.13. The number of amides is 1. The van der Waals surface area contributed by atoms with Crippen LogP contribution in [0.2, 0.25) is 0 Å². The highest BCUT2D eigenvalue weighted by Gasteiger charge is 2.66. The van der Waals surface area contributed by atoms with E-state index in [1.807, 2.05) is 0 Å². The van der Waals surface area contributed by atoms with Gasteiger partial charge in [0.1, 0.15) is 17.6 Å². The molecule has 4 rings (SSSR count). The first-order valence-corrected chi connectivity index (χ1v) is 9.72. The molecule has 1 amide bonds. The summed E-state index contributed by atoms with van der Waals surface area (Å²) in [6.07, 6.45) is -4.51. The van der Waals surface area contributed by atoms with Crippen LogP contribution in [0.4, 0.5) is 13.2 Å². The second kappa shape index (κ2) is 7.50. The summed E-state index contributed by atoms with van der Waals surface area (Å²) in [6.45, 7) is 1.30. The topological polar surface area (TPSA) is 59.0 Å². The van der Waals surface area contributed by atoms with Crippen LogP contribution in [-0.4, -0.2) is 34.8 Å². The van der Waals surface area contributed by atoms with Gasteiger partial charge in [0.25, 0.3) is 0 Å². The maximum absolute atomic E-state index is 13.4.